The summed E-state index contributed by atoms with van der Waals surface area (Å²) in [5, 5.41) is 0. The molecule has 0 spiro atoms. The third kappa shape index (κ3) is 5.05. The van der Waals surface area contributed by atoms with Crippen molar-refractivity contribution in [3.8, 4) is 11.5 Å². The fourth-order valence-corrected chi connectivity index (χ4v) is 1.78. The SMILES string of the molecule is CCCCCCCOc1ccc(OCC)c(F)c1F. The van der Waals surface area contributed by atoms with Crippen molar-refractivity contribution in [2.45, 2.75) is 46.0 Å². The highest BCUT2D eigenvalue weighted by molar-refractivity contribution is 5.34. The fraction of sp³-hybridized carbons (Fsp3) is 0.600. The molecule has 4 heteroatoms. The van der Waals surface area contributed by atoms with Crippen LogP contribution in [0.3, 0.4) is 0 Å². The number of hydrogen-bond donors (Lipinski definition) is 0. The number of ether oxygens (including phenoxy) is 2. The average Bonchev–Trinajstić information content (AvgIpc) is 2.41. The minimum atomic E-state index is -0.981. The van der Waals surface area contributed by atoms with Crippen LogP contribution in [0.4, 0.5) is 8.78 Å². The lowest BCUT2D eigenvalue weighted by atomic mass is 10.2. The van der Waals surface area contributed by atoms with Crippen molar-refractivity contribution in [2.24, 2.45) is 0 Å². The van der Waals surface area contributed by atoms with Gasteiger partial charge in [-0.05, 0) is 25.5 Å². The summed E-state index contributed by atoms with van der Waals surface area (Å²) < 4.78 is 37.4. The Balaban J connectivity index is 2.44. The molecule has 1 aromatic rings. The van der Waals surface area contributed by atoms with E-state index in [0.717, 1.165) is 19.3 Å². The Morgan fingerprint density at radius 3 is 2.00 bits per heavy atom. The molecule has 0 saturated carbocycles. The van der Waals surface area contributed by atoms with Gasteiger partial charge in [0.15, 0.2) is 11.5 Å². The molecule has 0 atom stereocenters. The van der Waals surface area contributed by atoms with Gasteiger partial charge < -0.3 is 9.47 Å². The van der Waals surface area contributed by atoms with E-state index in [-0.39, 0.29) is 11.5 Å². The van der Waals surface area contributed by atoms with Gasteiger partial charge >= 0.3 is 0 Å². The van der Waals surface area contributed by atoms with E-state index >= 15 is 0 Å². The normalized spacial score (nSPS) is 10.5. The van der Waals surface area contributed by atoms with E-state index in [1.165, 1.54) is 25.0 Å². The van der Waals surface area contributed by atoms with Gasteiger partial charge in [-0.15, -0.1) is 0 Å². The predicted octanol–water partition coefficient (Wildman–Crippen LogP) is 4.71. The molecule has 0 aliphatic carbocycles. The molecule has 0 N–H and O–H groups in total. The van der Waals surface area contributed by atoms with Gasteiger partial charge in [0.25, 0.3) is 0 Å². The lowest BCUT2D eigenvalue weighted by Gasteiger charge is -2.10. The summed E-state index contributed by atoms with van der Waals surface area (Å²) in [6, 6.07) is 2.81. The molecule has 0 amide bonds. The van der Waals surface area contributed by atoms with Crippen LogP contribution in [0.15, 0.2) is 12.1 Å². The molecule has 2 nitrogen and oxygen atoms in total. The van der Waals surface area contributed by atoms with Crippen LogP contribution in [0, 0.1) is 11.6 Å². The van der Waals surface area contributed by atoms with E-state index in [4.69, 9.17) is 9.47 Å². The fourth-order valence-electron chi connectivity index (χ4n) is 1.78. The van der Waals surface area contributed by atoms with E-state index in [1.807, 2.05) is 0 Å². The molecule has 108 valence electrons. The third-order valence-electron chi connectivity index (χ3n) is 2.82. The van der Waals surface area contributed by atoms with Crippen LogP contribution in [0.25, 0.3) is 0 Å². The number of rotatable bonds is 9. The highest BCUT2D eigenvalue weighted by atomic mass is 19.2. The maximum atomic E-state index is 13.6. The second kappa shape index (κ2) is 8.73. The van der Waals surface area contributed by atoms with Gasteiger partial charge in [0, 0.05) is 0 Å². The second-order valence-electron chi connectivity index (χ2n) is 4.39. The second-order valence-corrected chi connectivity index (χ2v) is 4.39. The molecule has 0 radical (unpaired) electrons. The summed E-state index contributed by atoms with van der Waals surface area (Å²) in [4.78, 5) is 0. The average molecular weight is 272 g/mol. The van der Waals surface area contributed by atoms with Crippen molar-refractivity contribution >= 4 is 0 Å². The van der Waals surface area contributed by atoms with Crippen molar-refractivity contribution in [1.29, 1.82) is 0 Å². The first-order valence-corrected chi connectivity index (χ1v) is 6.94. The molecule has 0 bridgehead atoms. The summed E-state index contributed by atoms with van der Waals surface area (Å²) in [5.74, 6) is -2.07. The molecule has 0 aliphatic heterocycles. The molecular formula is C15H22F2O2. The summed E-state index contributed by atoms with van der Waals surface area (Å²) in [5.41, 5.74) is 0. The zero-order valence-corrected chi connectivity index (χ0v) is 11.7. The first kappa shape index (κ1) is 15.7. The first-order valence-electron chi connectivity index (χ1n) is 6.94. The molecule has 0 aromatic heterocycles. The predicted molar refractivity (Wildman–Crippen MR) is 71.8 cm³/mol. The highest BCUT2D eigenvalue weighted by Gasteiger charge is 2.15. The van der Waals surface area contributed by atoms with E-state index < -0.39 is 11.6 Å². The Bertz CT molecular complexity index is 381. The van der Waals surface area contributed by atoms with Crippen molar-refractivity contribution in [3.05, 3.63) is 23.8 Å². The minimum absolute atomic E-state index is 0.0450. The van der Waals surface area contributed by atoms with Gasteiger partial charge in [-0.3, -0.25) is 0 Å². The Morgan fingerprint density at radius 2 is 1.42 bits per heavy atom. The molecule has 0 fully saturated rings. The lowest BCUT2D eigenvalue weighted by molar-refractivity contribution is 0.275. The van der Waals surface area contributed by atoms with Crippen LogP contribution >= 0.6 is 0 Å². The lowest BCUT2D eigenvalue weighted by Crippen LogP contribution is -2.03. The van der Waals surface area contributed by atoms with Gasteiger partial charge in [0.05, 0.1) is 13.2 Å². The van der Waals surface area contributed by atoms with E-state index in [2.05, 4.69) is 6.92 Å². The van der Waals surface area contributed by atoms with E-state index in [9.17, 15) is 8.78 Å². The highest BCUT2D eigenvalue weighted by Crippen LogP contribution is 2.27. The topological polar surface area (TPSA) is 18.5 Å². The van der Waals surface area contributed by atoms with E-state index in [1.54, 1.807) is 6.92 Å². The van der Waals surface area contributed by atoms with Gasteiger partial charge in [-0.2, -0.15) is 8.78 Å². The quantitative estimate of drug-likeness (QED) is 0.606. The zero-order valence-electron chi connectivity index (χ0n) is 11.7. The maximum absolute atomic E-state index is 13.6. The van der Waals surface area contributed by atoms with Gasteiger partial charge in [0.1, 0.15) is 0 Å². The molecule has 0 unspecified atom stereocenters. The van der Waals surface area contributed by atoms with Gasteiger partial charge in [-0.1, -0.05) is 32.6 Å². The molecule has 0 heterocycles. The van der Waals surface area contributed by atoms with Crippen LogP contribution in [0.5, 0.6) is 11.5 Å². The van der Waals surface area contributed by atoms with Crippen LogP contribution < -0.4 is 9.47 Å². The molecule has 0 saturated heterocycles. The Labute approximate surface area is 113 Å². The first-order chi connectivity index (χ1) is 9.20. The Morgan fingerprint density at radius 1 is 0.842 bits per heavy atom. The largest absolute Gasteiger partial charge is 0.491 e. The number of unbranched alkanes of at least 4 members (excludes halogenated alkanes) is 4. The van der Waals surface area contributed by atoms with Crippen molar-refractivity contribution in [2.75, 3.05) is 13.2 Å². The summed E-state index contributed by atoms with van der Waals surface area (Å²) in [7, 11) is 0. The summed E-state index contributed by atoms with van der Waals surface area (Å²) in [6.45, 7) is 4.58. The Kier molecular flexibility index (Phi) is 7.23. The van der Waals surface area contributed by atoms with Crippen LogP contribution in [0.2, 0.25) is 0 Å². The summed E-state index contributed by atoms with van der Waals surface area (Å²) in [6.07, 6.45) is 5.44. The summed E-state index contributed by atoms with van der Waals surface area (Å²) >= 11 is 0. The van der Waals surface area contributed by atoms with Gasteiger partial charge in [-0.25, -0.2) is 0 Å². The zero-order chi connectivity index (χ0) is 14.1. The minimum Gasteiger partial charge on any atom is -0.491 e. The molecule has 1 rings (SSSR count). The monoisotopic (exact) mass is 272 g/mol. The number of halogens is 2. The number of benzene rings is 1. The van der Waals surface area contributed by atoms with Crippen molar-refractivity contribution in [3.63, 3.8) is 0 Å². The smallest absolute Gasteiger partial charge is 0.204 e. The third-order valence-corrected chi connectivity index (χ3v) is 2.82. The van der Waals surface area contributed by atoms with Crippen LogP contribution in [-0.2, 0) is 0 Å². The Hall–Kier alpha value is -1.32. The molecule has 0 aliphatic rings. The maximum Gasteiger partial charge on any atom is 0.204 e. The number of hydrogen-bond acceptors (Lipinski definition) is 2. The standard InChI is InChI=1S/C15H22F2O2/c1-3-5-6-7-8-11-19-13-10-9-12(18-4-2)14(16)15(13)17/h9-10H,3-8,11H2,1-2H3. The molecule has 19 heavy (non-hydrogen) atoms. The van der Waals surface area contributed by atoms with Crippen LogP contribution in [0.1, 0.15) is 46.0 Å². The molecule has 1 aromatic carbocycles. The van der Waals surface area contributed by atoms with Gasteiger partial charge in [0.2, 0.25) is 11.6 Å². The van der Waals surface area contributed by atoms with Crippen molar-refractivity contribution < 1.29 is 18.3 Å². The van der Waals surface area contributed by atoms with Crippen molar-refractivity contribution in [1.82, 2.24) is 0 Å². The molecular weight excluding hydrogens is 250 g/mol. The van der Waals surface area contributed by atoms with Crippen LogP contribution in [-0.4, -0.2) is 13.2 Å². The van der Waals surface area contributed by atoms with E-state index in [0.29, 0.717) is 13.2 Å².